The van der Waals surface area contributed by atoms with Gasteiger partial charge >= 0.3 is 0 Å². The molecule has 0 fully saturated rings. The highest BCUT2D eigenvalue weighted by Gasteiger charge is 1.67. The van der Waals surface area contributed by atoms with Crippen LogP contribution in [0.4, 0.5) is 0 Å². The predicted molar refractivity (Wildman–Crippen MR) is 43.5 cm³/mol. The van der Waals surface area contributed by atoms with Gasteiger partial charge < -0.3 is 11.5 Å². The van der Waals surface area contributed by atoms with E-state index in [2.05, 4.69) is 15.0 Å². The Bertz CT molecular complexity index is 230. The molecule has 0 atom stereocenters. The second kappa shape index (κ2) is 6.95. The van der Waals surface area contributed by atoms with E-state index in [0.717, 1.165) is 0 Å². The van der Waals surface area contributed by atoms with Gasteiger partial charge in [-0.05, 0) is 0 Å². The van der Waals surface area contributed by atoms with Crippen LogP contribution in [0.2, 0.25) is 0 Å². The number of hydrogen-bond donors (Lipinski definition) is 2. The van der Waals surface area contributed by atoms with Crippen molar-refractivity contribution in [2.75, 3.05) is 0 Å². The second-order valence-electron chi connectivity index (χ2n) is 1.53. The topological polar surface area (TPSA) is 114 Å². The minimum Gasteiger partial charge on any atom is -0.369 e. The lowest BCUT2D eigenvalue weighted by atomic mass is 10.8. The van der Waals surface area contributed by atoms with Crippen molar-refractivity contribution in [3.8, 4) is 6.19 Å². The molecule has 0 bridgehead atoms. The molecular weight excluding hydrogens is 156 g/mol. The minimum atomic E-state index is -0.197. The van der Waals surface area contributed by atoms with Crippen LogP contribution in [-0.4, -0.2) is 15.9 Å². The summed E-state index contributed by atoms with van der Waals surface area (Å²) in [6.07, 6.45) is 7.96. The summed E-state index contributed by atoms with van der Waals surface area (Å²) in [6, 6.07) is 0. The largest absolute Gasteiger partial charge is 0.369 e. The second-order valence-corrected chi connectivity index (χ2v) is 1.53. The zero-order valence-electron chi connectivity index (χ0n) is 6.25. The number of nitrogens with two attached hydrogens (primary N) is 2. The van der Waals surface area contributed by atoms with E-state index in [1.807, 2.05) is 0 Å². The lowest BCUT2D eigenvalue weighted by Crippen LogP contribution is -2.21. The Labute approximate surface area is 69.6 Å². The van der Waals surface area contributed by atoms with Crippen molar-refractivity contribution < 1.29 is 0 Å². The van der Waals surface area contributed by atoms with Crippen molar-refractivity contribution >= 4 is 5.96 Å². The van der Waals surface area contributed by atoms with Crippen LogP contribution in [0.5, 0.6) is 0 Å². The van der Waals surface area contributed by atoms with Gasteiger partial charge in [-0.15, -0.1) is 4.99 Å². The van der Waals surface area contributed by atoms with Crippen molar-refractivity contribution in [3.05, 3.63) is 24.8 Å². The molecule has 0 radical (unpaired) electrons. The smallest absolute Gasteiger partial charge is 0.209 e. The summed E-state index contributed by atoms with van der Waals surface area (Å²) in [5.74, 6) is -0.197. The maximum Gasteiger partial charge on any atom is 0.209 e. The minimum absolute atomic E-state index is 0.197. The van der Waals surface area contributed by atoms with Crippen LogP contribution in [0.3, 0.4) is 0 Å². The maximum atomic E-state index is 7.64. The van der Waals surface area contributed by atoms with E-state index in [0.29, 0.717) is 0 Å². The summed E-state index contributed by atoms with van der Waals surface area (Å²) in [6.45, 7) is 0. The fourth-order valence-electron chi connectivity index (χ4n) is 0.311. The molecule has 0 aliphatic carbocycles. The predicted octanol–water partition coefficient (Wildman–Crippen LogP) is -0.783. The average molecular weight is 164 g/mol. The Balaban J connectivity index is 0.000000202. The molecule has 6 heteroatoms. The Morgan fingerprint density at radius 1 is 1.17 bits per heavy atom. The molecule has 0 aromatic carbocycles. The van der Waals surface area contributed by atoms with Gasteiger partial charge in [-0.3, -0.25) is 9.97 Å². The van der Waals surface area contributed by atoms with Crippen LogP contribution in [0.25, 0.3) is 0 Å². The van der Waals surface area contributed by atoms with Crippen molar-refractivity contribution in [3.63, 3.8) is 0 Å². The number of nitriles is 1. The zero-order chi connectivity index (χ0) is 9.23. The summed E-state index contributed by atoms with van der Waals surface area (Å²) >= 11 is 0. The third kappa shape index (κ3) is 7.84. The van der Waals surface area contributed by atoms with Crippen LogP contribution in [0, 0.1) is 11.5 Å². The van der Waals surface area contributed by atoms with Gasteiger partial charge in [0.1, 0.15) is 0 Å². The van der Waals surface area contributed by atoms with Gasteiger partial charge in [0.05, 0.1) is 0 Å². The zero-order valence-corrected chi connectivity index (χ0v) is 6.25. The van der Waals surface area contributed by atoms with Gasteiger partial charge in [-0.2, -0.15) is 5.26 Å². The van der Waals surface area contributed by atoms with Gasteiger partial charge in [0.2, 0.25) is 12.2 Å². The average Bonchev–Trinajstić information content (AvgIpc) is 2.08. The van der Waals surface area contributed by atoms with Crippen LogP contribution < -0.4 is 11.5 Å². The number of nitrogens with zero attached hydrogens (tertiary/aromatic N) is 4. The molecule has 1 heterocycles. The third-order valence-electron chi connectivity index (χ3n) is 0.657. The fourth-order valence-corrected chi connectivity index (χ4v) is 0.311. The number of aliphatic imine (C=N–C) groups is 1. The van der Waals surface area contributed by atoms with E-state index in [1.165, 1.54) is 6.19 Å². The molecule has 0 spiro atoms. The molecule has 1 aromatic rings. The van der Waals surface area contributed by atoms with Crippen LogP contribution >= 0.6 is 0 Å². The molecule has 6 nitrogen and oxygen atoms in total. The monoisotopic (exact) mass is 164 g/mol. The van der Waals surface area contributed by atoms with Crippen LogP contribution in [0.15, 0.2) is 29.8 Å². The first-order valence-electron chi connectivity index (χ1n) is 2.95. The Kier molecular flexibility index (Phi) is 5.70. The summed E-state index contributed by atoms with van der Waals surface area (Å²) in [5.41, 5.74) is 9.42. The molecule has 0 saturated heterocycles. The van der Waals surface area contributed by atoms with Gasteiger partial charge in [-0.25, -0.2) is 0 Å². The normalized spacial score (nSPS) is 6.92. The summed E-state index contributed by atoms with van der Waals surface area (Å²) in [5, 5.41) is 7.64. The first-order valence-corrected chi connectivity index (χ1v) is 2.95. The molecule has 0 amide bonds. The fraction of sp³-hybridized carbons (Fsp3) is 0. The summed E-state index contributed by atoms with van der Waals surface area (Å²) in [7, 11) is 0. The standard InChI is InChI=1S/C4H4N2.C2H4N4/c1-2-6-4-3-5-1;3-1-6-2(4)5/h1-4H;(H4,4,5,6). The Hall–Kier alpha value is -2.16. The van der Waals surface area contributed by atoms with Crippen molar-refractivity contribution in [1.29, 1.82) is 5.26 Å². The number of hydrogen-bond acceptors (Lipinski definition) is 4. The molecule has 62 valence electrons. The van der Waals surface area contributed by atoms with Crippen LogP contribution in [0.1, 0.15) is 0 Å². The van der Waals surface area contributed by atoms with E-state index in [-0.39, 0.29) is 5.96 Å². The third-order valence-corrected chi connectivity index (χ3v) is 0.657. The quantitative estimate of drug-likeness (QED) is 0.296. The molecule has 0 unspecified atom stereocenters. The Morgan fingerprint density at radius 2 is 1.58 bits per heavy atom. The molecular formula is C6H8N6. The van der Waals surface area contributed by atoms with Crippen molar-refractivity contribution in [2.24, 2.45) is 16.5 Å². The van der Waals surface area contributed by atoms with E-state index >= 15 is 0 Å². The molecule has 1 rings (SSSR count). The molecule has 0 aliphatic heterocycles. The number of guanidine groups is 1. The van der Waals surface area contributed by atoms with E-state index in [1.54, 1.807) is 24.8 Å². The van der Waals surface area contributed by atoms with E-state index < -0.39 is 0 Å². The molecule has 0 saturated carbocycles. The highest BCUT2D eigenvalue weighted by atomic mass is 15.0. The molecule has 12 heavy (non-hydrogen) atoms. The molecule has 1 aromatic heterocycles. The summed E-state index contributed by atoms with van der Waals surface area (Å²) < 4.78 is 0. The highest BCUT2D eigenvalue weighted by Crippen LogP contribution is 1.65. The molecule has 4 N–H and O–H groups in total. The first-order chi connectivity index (χ1) is 5.77. The maximum absolute atomic E-state index is 7.64. The number of rotatable bonds is 0. The van der Waals surface area contributed by atoms with E-state index in [9.17, 15) is 0 Å². The SMILES string of the molecule is N#CN=C(N)N.c1cnccn1. The van der Waals surface area contributed by atoms with Crippen molar-refractivity contribution in [2.45, 2.75) is 0 Å². The first kappa shape index (κ1) is 9.84. The van der Waals surface area contributed by atoms with Gasteiger partial charge in [-0.1, -0.05) is 0 Å². The van der Waals surface area contributed by atoms with Gasteiger partial charge in [0, 0.05) is 24.8 Å². The van der Waals surface area contributed by atoms with E-state index in [4.69, 9.17) is 16.7 Å². The summed E-state index contributed by atoms with van der Waals surface area (Å²) in [4.78, 5) is 10.3. The van der Waals surface area contributed by atoms with Crippen LogP contribution in [-0.2, 0) is 0 Å². The van der Waals surface area contributed by atoms with Gasteiger partial charge in [0.15, 0.2) is 0 Å². The van der Waals surface area contributed by atoms with Crippen molar-refractivity contribution in [1.82, 2.24) is 9.97 Å². The van der Waals surface area contributed by atoms with Gasteiger partial charge in [0.25, 0.3) is 0 Å². The number of aromatic nitrogens is 2. The lowest BCUT2D eigenvalue weighted by Gasteiger charge is -1.74. The lowest BCUT2D eigenvalue weighted by molar-refractivity contribution is 1.20. The Morgan fingerprint density at radius 3 is 1.67 bits per heavy atom. The molecule has 0 aliphatic rings. The highest BCUT2D eigenvalue weighted by molar-refractivity contribution is 5.76.